The number of benzene rings is 1. The van der Waals surface area contributed by atoms with Gasteiger partial charge < -0.3 is 11.1 Å². The first-order chi connectivity index (χ1) is 13.2. The molecular weight excluding hydrogens is 332 g/mol. The van der Waals surface area contributed by atoms with Gasteiger partial charge >= 0.3 is 0 Å². The number of hydrogen-bond acceptors (Lipinski definition) is 2. The number of nitrogens with one attached hydrogen (secondary N) is 1. The summed E-state index contributed by atoms with van der Waals surface area (Å²) >= 11 is 0. The van der Waals surface area contributed by atoms with E-state index in [-0.39, 0.29) is 5.91 Å². The summed E-state index contributed by atoms with van der Waals surface area (Å²) in [6, 6.07) is 7.77. The summed E-state index contributed by atoms with van der Waals surface area (Å²) in [4.78, 5) is 11.8. The normalized spacial score (nSPS) is 12.1. The zero-order valence-corrected chi connectivity index (χ0v) is 17.8. The Morgan fingerprint density at radius 2 is 1.30 bits per heavy atom. The zero-order chi connectivity index (χ0) is 19.7. The lowest BCUT2D eigenvalue weighted by Crippen LogP contribution is -2.34. The fourth-order valence-electron chi connectivity index (χ4n) is 3.35. The number of unbranched alkanes of at least 4 members (excludes halogenated alkanes) is 11. The third-order valence-electron chi connectivity index (χ3n) is 5.32. The first-order valence-electron chi connectivity index (χ1n) is 11.3. The third kappa shape index (κ3) is 11.9. The number of amides is 1. The molecule has 0 radical (unpaired) electrons. The van der Waals surface area contributed by atoms with E-state index >= 15 is 0 Å². The van der Waals surface area contributed by atoms with Crippen molar-refractivity contribution in [2.45, 2.75) is 110 Å². The molecule has 1 aromatic rings. The van der Waals surface area contributed by atoms with Crippen LogP contribution in [0.5, 0.6) is 0 Å². The van der Waals surface area contributed by atoms with Crippen LogP contribution in [0.3, 0.4) is 0 Å². The van der Waals surface area contributed by atoms with Crippen LogP contribution >= 0.6 is 0 Å². The lowest BCUT2D eigenvalue weighted by atomic mass is 10.0. The smallest absolute Gasteiger partial charge is 0.241 e. The Balaban J connectivity index is 2.01. The summed E-state index contributed by atoms with van der Waals surface area (Å²) in [5, 5.41) is 2.87. The van der Waals surface area contributed by atoms with E-state index in [0.29, 0.717) is 6.42 Å². The summed E-state index contributed by atoms with van der Waals surface area (Å²) in [6.07, 6.45) is 18.4. The molecule has 0 fully saturated rings. The molecule has 0 saturated heterocycles. The van der Waals surface area contributed by atoms with Crippen LogP contribution in [-0.4, -0.2) is 11.9 Å². The second kappa shape index (κ2) is 15.7. The van der Waals surface area contributed by atoms with Gasteiger partial charge in [-0.1, -0.05) is 96.6 Å². The van der Waals surface area contributed by atoms with Crippen molar-refractivity contribution in [3.05, 3.63) is 29.8 Å². The molecule has 3 heteroatoms. The number of rotatable bonds is 16. The highest BCUT2D eigenvalue weighted by molar-refractivity contribution is 5.94. The number of nitrogens with two attached hydrogens (primary N) is 1. The predicted molar refractivity (Wildman–Crippen MR) is 118 cm³/mol. The van der Waals surface area contributed by atoms with Gasteiger partial charge in [-0.3, -0.25) is 4.79 Å². The maximum atomic E-state index is 11.8. The molecular formula is C24H42N2O. The molecule has 3 N–H and O–H groups in total. The van der Waals surface area contributed by atoms with Crippen LogP contribution in [0.4, 0.5) is 5.69 Å². The molecule has 1 rings (SSSR count). The maximum absolute atomic E-state index is 11.8. The van der Waals surface area contributed by atoms with Crippen LogP contribution in [0, 0.1) is 0 Å². The highest BCUT2D eigenvalue weighted by Gasteiger charge is 2.10. The molecule has 0 aliphatic carbocycles. The Morgan fingerprint density at radius 1 is 0.815 bits per heavy atom. The molecule has 0 spiro atoms. The SMILES string of the molecule is CCCCCCCCCCCCCCc1ccc(NC(=O)C(N)CC)cc1. The van der Waals surface area contributed by atoms with Gasteiger partial charge in [-0.15, -0.1) is 0 Å². The van der Waals surface area contributed by atoms with Gasteiger partial charge in [-0.05, 0) is 37.0 Å². The quantitative estimate of drug-likeness (QED) is 0.320. The van der Waals surface area contributed by atoms with Crippen LogP contribution in [0.2, 0.25) is 0 Å². The van der Waals surface area contributed by atoms with E-state index in [9.17, 15) is 4.79 Å². The zero-order valence-electron chi connectivity index (χ0n) is 17.8. The van der Waals surface area contributed by atoms with Crippen LogP contribution in [-0.2, 0) is 11.2 Å². The molecule has 154 valence electrons. The van der Waals surface area contributed by atoms with E-state index < -0.39 is 6.04 Å². The minimum absolute atomic E-state index is 0.105. The molecule has 0 aliphatic heterocycles. The lowest BCUT2D eigenvalue weighted by molar-refractivity contribution is -0.117. The molecule has 0 aromatic heterocycles. The van der Waals surface area contributed by atoms with E-state index in [4.69, 9.17) is 5.73 Å². The Labute approximate surface area is 167 Å². The molecule has 1 aromatic carbocycles. The van der Waals surface area contributed by atoms with Crippen molar-refractivity contribution >= 4 is 11.6 Å². The molecule has 0 aliphatic rings. The van der Waals surface area contributed by atoms with Gasteiger partial charge in [0.25, 0.3) is 0 Å². The summed E-state index contributed by atoms with van der Waals surface area (Å²) in [7, 11) is 0. The second-order valence-corrected chi connectivity index (χ2v) is 7.84. The third-order valence-corrected chi connectivity index (χ3v) is 5.32. The van der Waals surface area contributed by atoms with Crippen molar-refractivity contribution in [3.8, 4) is 0 Å². The van der Waals surface area contributed by atoms with Crippen molar-refractivity contribution < 1.29 is 4.79 Å². The molecule has 27 heavy (non-hydrogen) atoms. The highest BCUT2D eigenvalue weighted by atomic mass is 16.2. The van der Waals surface area contributed by atoms with Gasteiger partial charge in [0.1, 0.15) is 0 Å². The summed E-state index contributed by atoms with van der Waals surface area (Å²) in [5.41, 5.74) is 7.92. The average molecular weight is 375 g/mol. The van der Waals surface area contributed by atoms with Gasteiger partial charge in [-0.2, -0.15) is 0 Å². The summed E-state index contributed by atoms with van der Waals surface area (Å²) in [6.45, 7) is 4.20. The van der Waals surface area contributed by atoms with E-state index in [1.54, 1.807) is 0 Å². The fourth-order valence-corrected chi connectivity index (χ4v) is 3.35. The lowest BCUT2D eigenvalue weighted by Gasteiger charge is -2.10. The van der Waals surface area contributed by atoms with Crippen LogP contribution < -0.4 is 11.1 Å². The fraction of sp³-hybridized carbons (Fsp3) is 0.708. The Bertz CT molecular complexity index is 484. The number of anilines is 1. The van der Waals surface area contributed by atoms with Crippen LogP contribution in [0.15, 0.2) is 24.3 Å². The number of aryl methyl sites for hydroxylation is 1. The molecule has 3 nitrogen and oxygen atoms in total. The second-order valence-electron chi connectivity index (χ2n) is 7.84. The van der Waals surface area contributed by atoms with Crippen LogP contribution in [0.1, 0.15) is 103 Å². The minimum Gasteiger partial charge on any atom is -0.325 e. The van der Waals surface area contributed by atoms with Crippen molar-refractivity contribution in [3.63, 3.8) is 0 Å². The Hall–Kier alpha value is -1.35. The number of carbonyl (C=O) groups is 1. The van der Waals surface area contributed by atoms with Crippen molar-refractivity contribution in [2.75, 3.05) is 5.32 Å². The molecule has 1 unspecified atom stereocenters. The Morgan fingerprint density at radius 3 is 1.78 bits per heavy atom. The van der Waals surface area contributed by atoms with Crippen LogP contribution in [0.25, 0.3) is 0 Å². The van der Waals surface area contributed by atoms with Gasteiger partial charge in [0.15, 0.2) is 0 Å². The van der Waals surface area contributed by atoms with Crippen molar-refractivity contribution in [2.24, 2.45) is 5.73 Å². The molecule has 0 heterocycles. The van der Waals surface area contributed by atoms with Gasteiger partial charge in [-0.25, -0.2) is 0 Å². The summed E-state index contributed by atoms with van der Waals surface area (Å²) < 4.78 is 0. The minimum atomic E-state index is -0.425. The molecule has 0 saturated carbocycles. The van der Waals surface area contributed by atoms with E-state index in [1.807, 2.05) is 19.1 Å². The first kappa shape index (κ1) is 23.7. The summed E-state index contributed by atoms with van der Waals surface area (Å²) in [5.74, 6) is -0.105. The molecule has 1 amide bonds. The Kier molecular flexibility index (Phi) is 13.8. The topological polar surface area (TPSA) is 55.1 Å². The van der Waals surface area contributed by atoms with Gasteiger partial charge in [0.2, 0.25) is 5.91 Å². The van der Waals surface area contributed by atoms with E-state index in [1.165, 1.54) is 82.6 Å². The molecule has 1 atom stereocenters. The van der Waals surface area contributed by atoms with E-state index in [2.05, 4.69) is 24.4 Å². The maximum Gasteiger partial charge on any atom is 0.241 e. The van der Waals surface area contributed by atoms with Crippen molar-refractivity contribution in [1.29, 1.82) is 0 Å². The molecule has 0 bridgehead atoms. The predicted octanol–water partition coefficient (Wildman–Crippen LogP) is 6.61. The van der Waals surface area contributed by atoms with Gasteiger partial charge in [0.05, 0.1) is 6.04 Å². The first-order valence-corrected chi connectivity index (χ1v) is 11.3. The monoisotopic (exact) mass is 374 g/mol. The average Bonchev–Trinajstić information content (AvgIpc) is 2.69. The van der Waals surface area contributed by atoms with Crippen molar-refractivity contribution in [1.82, 2.24) is 0 Å². The standard InChI is InChI=1S/C24H42N2O/c1-3-5-6-7-8-9-10-11-12-13-14-15-16-21-17-19-22(20-18-21)26-24(27)23(25)4-2/h17-20,23H,3-16,25H2,1-2H3,(H,26,27). The largest absolute Gasteiger partial charge is 0.325 e. The number of hydrogen-bond donors (Lipinski definition) is 2. The number of carbonyl (C=O) groups excluding carboxylic acids is 1. The highest BCUT2D eigenvalue weighted by Crippen LogP contribution is 2.15. The van der Waals surface area contributed by atoms with Gasteiger partial charge in [0, 0.05) is 5.69 Å². The van der Waals surface area contributed by atoms with E-state index in [0.717, 1.165) is 12.1 Å².